The van der Waals surface area contributed by atoms with Crippen molar-refractivity contribution in [2.75, 3.05) is 19.6 Å². The Hall–Kier alpha value is -1.15. The molecule has 0 amide bonds. The average Bonchev–Trinajstić information content (AvgIpc) is 2.68. The highest BCUT2D eigenvalue weighted by Gasteiger charge is 2.31. The van der Waals surface area contributed by atoms with Gasteiger partial charge in [-0.05, 0) is 113 Å². The second kappa shape index (κ2) is 11.1. The molecule has 28 heavy (non-hydrogen) atoms. The van der Waals surface area contributed by atoms with Gasteiger partial charge >= 0.3 is 0 Å². The first-order valence-electron chi connectivity index (χ1n) is 11.7. The van der Waals surface area contributed by atoms with Gasteiger partial charge in [0.1, 0.15) is 0 Å². The molecule has 0 bridgehead atoms. The maximum absolute atomic E-state index is 12.0. The van der Waals surface area contributed by atoms with E-state index < -0.39 is 0 Å². The van der Waals surface area contributed by atoms with Gasteiger partial charge in [0.15, 0.2) is 5.78 Å². The molecule has 0 aliphatic heterocycles. The molecule has 2 heteroatoms. The molecule has 0 spiro atoms. The molecule has 0 N–H and O–H groups in total. The van der Waals surface area contributed by atoms with Crippen molar-refractivity contribution in [3.05, 3.63) is 35.5 Å². The minimum absolute atomic E-state index is 0.223. The fourth-order valence-corrected chi connectivity index (χ4v) is 5.04. The van der Waals surface area contributed by atoms with Crippen molar-refractivity contribution >= 4 is 5.78 Å². The molecular weight excluding hydrogens is 342 g/mol. The van der Waals surface area contributed by atoms with Crippen LogP contribution in [0.4, 0.5) is 0 Å². The Balaban J connectivity index is 1.85. The van der Waals surface area contributed by atoms with Gasteiger partial charge in [-0.1, -0.05) is 39.5 Å². The molecule has 0 aromatic heterocycles. The van der Waals surface area contributed by atoms with E-state index >= 15 is 0 Å². The van der Waals surface area contributed by atoms with Crippen LogP contribution < -0.4 is 0 Å². The van der Waals surface area contributed by atoms with Gasteiger partial charge in [0.25, 0.3) is 0 Å². The van der Waals surface area contributed by atoms with Gasteiger partial charge in [0, 0.05) is 5.57 Å². The Kier molecular flexibility index (Phi) is 9.21. The highest BCUT2D eigenvalue weighted by Crippen LogP contribution is 2.44. The number of Topliss-reactive ketones (excluding diaryl/α,β-unsaturated/α-hetero) is 1. The zero-order chi connectivity index (χ0) is 20.6. The lowest BCUT2D eigenvalue weighted by molar-refractivity contribution is -0.113. The van der Waals surface area contributed by atoms with E-state index in [2.05, 4.69) is 44.4 Å². The van der Waals surface area contributed by atoms with Crippen LogP contribution in [-0.4, -0.2) is 30.3 Å². The van der Waals surface area contributed by atoms with Gasteiger partial charge in [-0.2, -0.15) is 0 Å². The standard InChI is InChI=1S/C26H43NO/c1-6-17-27(18-7-2)19-16-26(5)14-12-23(13-15-26)20-21(3)24-10-8-9-11-25(24)22(4)28/h8,10,23H,3,6-7,9,11-20H2,1-2,4-5H3. The van der Waals surface area contributed by atoms with Gasteiger partial charge < -0.3 is 4.90 Å². The third-order valence-electron chi connectivity index (χ3n) is 6.94. The first-order valence-corrected chi connectivity index (χ1v) is 11.7. The van der Waals surface area contributed by atoms with Crippen LogP contribution in [0, 0.1) is 11.3 Å². The smallest absolute Gasteiger partial charge is 0.156 e. The van der Waals surface area contributed by atoms with E-state index in [1.54, 1.807) is 6.92 Å². The van der Waals surface area contributed by atoms with E-state index in [1.807, 2.05) is 0 Å². The van der Waals surface area contributed by atoms with Crippen molar-refractivity contribution in [3.63, 3.8) is 0 Å². The number of rotatable bonds is 11. The summed E-state index contributed by atoms with van der Waals surface area (Å²) < 4.78 is 0. The van der Waals surface area contributed by atoms with Crippen molar-refractivity contribution in [3.8, 4) is 0 Å². The van der Waals surface area contributed by atoms with E-state index in [-0.39, 0.29) is 5.78 Å². The molecule has 0 radical (unpaired) electrons. The molecule has 0 heterocycles. The van der Waals surface area contributed by atoms with E-state index in [4.69, 9.17) is 0 Å². The van der Waals surface area contributed by atoms with Crippen molar-refractivity contribution in [1.82, 2.24) is 4.90 Å². The fourth-order valence-electron chi connectivity index (χ4n) is 5.04. The molecule has 2 rings (SSSR count). The molecule has 0 aromatic rings. The van der Waals surface area contributed by atoms with Crippen molar-refractivity contribution in [2.45, 2.75) is 91.9 Å². The minimum atomic E-state index is 0.223. The normalized spacial score (nSPS) is 25.4. The largest absolute Gasteiger partial charge is 0.303 e. The molecule has 0 atom stereocenters. The summed E-state index contributed by atoms with van der Waals surface area (Å²) >= 11 is 0. The first-order chi connectivity index (χ1) is 13.4. The van der Waals surface area contributed by atoms with Gasteiger partial charge in [0.2, 0.25) is 0 Å². The lowest BCUT2D eigenvalue weighted by atomic mass is 9.68. The third-order valence-corrected chi connectivity index (χ3v) is 6.94. The second-order valence-electron chi connectivity index (χ2n) is 9.54. The maximum atomic E-state index is 12.0. The van der Waals surface area contributed by atoms with Crippen molar-refractivity contribution in [2.24, 2.45) is 11.3 Å². The van der Waals surface area contributed by atoms with Crippen molar-refractivity contribution in [1.29, 1.82) is 0 Å². The molecule has 2 aliphatic rings. The summed E-state index contributed by atoms with van der Waals surface area (Å²) in [5, 5.41) is 0. The topological polar surface area (TPSA) is 20.3 Å². The Bertz CT molecular complexity index is 584. The number of nitrogens with zero attached hydrogens (tertiary/aromatic N) is 1. The Morgan fingerprint density at radius 3 is 2.39 bits per heavy atom. The first kappa shape index (κ1) is 23.1. The predicted molar refractivity (Wildman–Crippen MR) is 122 cm³/mol. The summed E-state index contributed by atoms with van der Waals surface area (Å²) in [7, 11) is 0. The lowest BCUT2D eigenvalue weighted by Crippen LogP contribution is -2.33. The minimum Gasteiger partial charge on any atom is -0.303 e. The molecule has 158 valence electrons. The fraction of sp³-hybridized carbons (Fsp3) is 0.731. The summed E-state index contributed by atoms with van der Waals surface area (Å²) in [6, 6.07) is 0. The molecule has 0 aromatic carbocycles. The van der Waals surface area contributed by atoms with Gasteiger partial charge in [-0.3, -0.25) is 4.79 Å². The van der Waals surface area contributed by atoms with Crippen LogP contribution in [0.25, 0.3) is 0 Å². The third kappa shape index (κ3) is 6.72. The highest BCUT2D eigenvalue weighted by atomic mass is 16.1. The van der Waals surface area contributed by atoms with Crippen LogP contribution in [0.15, 0.2) is 35.5 Å². The molecular formula is C26H43NO. The molecule has 2 aliphatic carbocycles. The second-order valence-corrected chi connectivity index (χ2v) is 9.54. The molecule has 0 unspecified atom stereocenters. The highest BCUT2D eigenvalue weighted by molar-refractivity contribution is 5.95. The average molecular weight is 386 g/mol. The quantitative estimate of drug-likeness (QED) is 0.386. The Morgan fingerprint density at radius 2 is 1.82 bits per heavy atom. The summed E-state index contributed by atoms with van der Waals surface area (Å²) in [4.78, 5) is 14.6. The number of carbonyl (C=O) groups is 1. The predicted octanol–water partition coefficient (Wildman–Crippen LogP) is 6.88. The Labute approximate surface area is 174 Å². The van der Waals surface area contributed by atoms with E-state index in [1.165, 1.54) is 70.2 Å². The number of allylic oxidation sites excluding steroid dienone is 5. The molecule has 1 saturated carbocycles. The van der Waals surface area contributed by atoms with Crippen LogP contribution in [0.2, 0.25) is 0 Å². The van der Waals surface area contributed by atoms with Crippen LogP contribution >= 0.6 is 0 Å². The summed E-state index contributed by atoms with van der Waals surface area (Å²) in [6.45, 7) is 16.9. The Morgan fingerprint density at radius 1 is 1.18 bits per heavy atom. The van der Waals surface area contributed by atoms with E-state index in [0.29, 0.717) is 5.41 Å². The van der Waals surface area contributed by atoms with Crippen LogP contribution in [0.1, 0.15) is 91.9 Å². The molecule has 0 saturated heterocycles. The SMILES string of the molecule is C=C(CC1CCC(C)(CCN(CCC)CCC)CC1)C1=C(C(C)=O)CCC=C1. The summed E-state index contributed by atoms with van der Waals surface area (Å²) in [5.41, 5.74) is 3.83. The van der Waals surface area contributed by atoms with E-state index in [9.17, 15) is 4.79 Å². The number of ketones is 1. The zero-order valence-electron chi connectivity index (χ0n) is 19.0. The number of carbonyl (C=O) groups excluding carboxylic acids is 1. The number of hydrogen-bond acceptors (Lipinski definition) is 2. The lowest BCUT2D eigenvalue weighted by Gasteiger charge is -2.39. The number of hydrogen-bond donors (Lipinski definition) is 0. The molecule has 1 fully saturated rings. The van der Waals surface area contributed by atoms with Gasteiger partial charge in [-0.15, -0.1) is 0 Å². The van der Waals surface area contributed by atoms with Crippen LogP contribution in [0.5, 0.6) is 0 Å². The molecule has 2 nitrogen and oxygen atoms in total. The maximum Gasteiger partial charge on any atom is 0.156 e. The van der Waals surface area contributed by atoms with Crippen LogP contribution in [-0.2, 0) is 4.79 Å². The monoisotopic (exact) mass is 385 g/mol. The van der Waals surface area contributed by atoms with Gasteiger partial charge in [0.05, 0.1) is 0 Å². The zero-order valence-corrected chi connectivity index (χ0v) is 19.0. The summed E-state index contributed by atoms with van der Waals surface area (Å²) in [6.07, 6.45) is 16.4. The summed E-state index contributed by atoms with van der Waals surface area (Å²) in [5.74, 6) is 0.958. The van der Waals surface area contributed by atoms with Crippen LogP contribution in [0.3, 0.4) is 0 Å². The van der Waals surface area contributed by atoms with E-state index in [0.717, 1.165) is 36.3 Å². The van der Waals surface area contributed by atoms with Gasteiger partial charge in [-0.25, -0.2) is 0 Å². The van der Waals surface area contributed by atoms with Crippen molar-refractivity contribution < 1.29 is 4.79 Å².